The Bertz CT molecular complexity index is 759. The summed E-state index contributed by atoms with van der Waals surface area (Å²) in [6.07, 6.45) is 2.42. The van der Waals surface area contributed by atoms with Gasteiger partial charge < -0.3 is 15.3 Å². The molecule has 3 rings (SSSR count). The molecule has 4 N–H and O–H groups in total. The standard InChI is InChI=1S/C17H23ClF2N6O3/c18-16-22-13(12(20)14(23-16)26-7-11(19)8-26)24-25-15(27)10(6-21-17(28)29)5-9-3-1-2-4-9/h9-11,21H,1-8H2,(H,25,27)(H,28,29)(H,22,23,24)/t10-/m1/s1. The van der Waals surface area contributed by atoms with Crippen LogP contribution in [-0.2, 0) is 4.79 Å². The van der Waals surface area contributed by atoms with Crippen molar-refractivity contribution in [3.05, 3.63) is 11.1 Å². The summed E-state index contributed by atoms with van der Waals surface area (Å²) in [5.74, 6) is -2.12. The van der Waals surface area contributed by atoms with E-state index in [9.17, 15) is 18.4 Å². The number of aromatic nitrogens is 2. The number of amides is 2. The van der Waals surface area contributed by atoms with Crippen molar-refractivity contribution in [2.24, 2.45) is 11.8 Å². The summed E-state index contributed by atoms with van der Waals surface area (Å²) in [7, 11) is 0. The summed E-state index contributed by atoms with van der Waals surface area (Å²) in [4.78, 5) is 32.3. The van der Waals surface area contributed by atoms with E-state index in [1.165, 1.54) is 4.90 Å². The molecule has 29 heavy (non-hydrogen) atoms. The summed E-state index contributed by atoms with van der Waals surface area (Å²) in [6, 6.07) is 0. The second-order valence-corrected chi connectivity index (χ2v) is 7.70. The van der Waals surface area contributed by atoms with Gasteiger partial charge in [-0.15, -0.1) is 0 Å². The van der Waals surface area contributed by atoms with Crippen LogP contribution < -0.4 is 21.1 Å². The molecule has 2 fully saturated rings. The summed E-state index contributed by atoms with van der Waals surface area (Å²) in [5.41, 5.74) is 4.77. The summed E-state index contributed by atoms with van der Waals surface area (Å²) < 4.78 is 27.7. The lowest BCUT2D eigenvalue weighted by molar-refractivity contribution is -0.124. The fourth-order valence-electron chi connectivity index (χ4n) is 3.66. The number of anilines is 2. The summed E-state index contributed by atoms with van der Waals surface area (Å²) >= 11 is 5.82. The van der Waals surface area contributed by atoms with Crippen molar-refractivity contribution in [2.75, 3.05) is 30.0 Å². The van der Waals surface area contributed by atoms with Gasteiger partial charge in [-0.1, -0.05) is 25.7 Å². The quantitative estimate of drug-likeness (QED) is 0.367. The third kappa shape index (κ3) is 5.55. The Labute approximate surface area is 171 Å². The molecule has 1 aliphatic carbocycles. The van der Waals surface area contributed by atoms with Crippen LogP contribution in [0.15, 0.2) is 0 Å². The normalized spacial score (nSPS) is 18.2. The molecule has 1 aliphatic heterocycles. The van der Waals surface area contributed by atoms with Crippen LogP contribution in [0, 0.1) is 17.7 Å². The molecule has 12 heteroatoms. The van der Waals surface area contributed by atoms with Gasteiger partial charge in [0.2, 0.25) is 17.0 Å². The number of nitrogens with zero attached hydrogens (tertiary/aromatic N) is 3. The highest BCUT2D eigenvalue weighted by atomic mass is 35.5. The van der Waals surface area contributed by atoms with Gasteiger partial charge in [-0.3, -0.25) is 15.6 Å². The SMILES string of the molecule is O=C(O)NC[C@@H](CC1CCCC1)C(=O)NNc1nc(Cl)nc(N2CC(F)C2)c1F. The van der Waals surface area contributed by atoms with E-state index < -0.39 is 29.9 Å². The van der Waals surface area contributed by atoms with E-state index in [0.717, 1.165) is 25.7 Å². The number of hydrogen-bond donors (Lipinski definition) is 4. The van der Waals surface area contributed by atoms with Gasteiger partial charge in [0.15, 0.2) is 11.6 Å². The number of carboxylic acid groups (broad SMARTS) is 1. The molecule has 160 valence electrons. The van der Waals surface area contributed by atoms with Crippen LogP contribution in [0.5, 0.6) is 0 Å². The molecule has 9 nitrogen and oxygen atoms in total. The van der Waals surface area contributed by atoms with Crippen LogP contribution in [0.3, 0.4) is 0 Å². The number of nitrogens with one attached hydrogen (secondary N) is 3. The molecule has 2 aliphatic rings. The van der Waals surface area contributed by atoms with Crippen molar-refractivity contribution in [3.8, 4) is 0 Å². The van der Waals surface area contributed by atoms with Gasteiger partial charge in [0, 0.05) is 6.54 Å². The van der Waals surface area contributed by atoms with Crippen molar-refractivity contribution in [1.82, 2.24) is 20.7 Å². The first-order chi connectivity index (χ1) is 13.8. The first kappa shape index (κ1) is 21.3. The van der Waals surface area contributed by atoms with Gasteiger partial charge in [0.05, 0.1) is 19.0 Å². The third-order valence-electron chi connectivity index (χ3n) is 5.21. The zero-order valence-electron chi connectivity index (χ0n) is 15.6. The molecule has 2 heterocycles. The molecular formula is C17H23ClF2N6O3. The minimum Gasteiger partial charge on any atom is -0.465 e. The third-order valence-corrected chi connectivity index (χ3v) is 5.38. The van der Waals surface area contributed by atoms with Crippen LogP contribution in [0.4, 0.5) is 25.2 Å². The number of hydrazine groups is 1. The van der Waals surface area contributed by atoms with Crippen LogP contribution in [-0.4, -0.2) is 52.9 Å². The summed E-state index contributed by atoms with van der Waals surface area (Å²) in [5, 5.41) is 10.8. The van der Waals surface area contributed by atoms with E-state index in [1.807, 2.05) is 0 Å². The van der Waals surface area contributed by atoms with Gasteiger partial charge in [-0.25, -0.2) is 9.18 Å². The predicted octanol–water partition coefficient (Wildman–Crippen LogP) is 2.33. The molecule has 0 bridgehead atoms. The van der Waals surface area contributed by atoms with E-state index in [2.05, 4.69) is 26.1 Å². The lowest BCUT2D eigenvalue weighted by Gasteiger charge is -2.35. The first-order valence-corrected chi connectivity index (χ1v) is 9.86. The van der Waals surface area contributed by atoms with Crippen molar-refractivity contribution in [2.45, 2.75) is 38.3 Å². The molecular weight excluding hydrogens is 410 g/mol. The fraction of sp³-hybridized carbons (Fsp3) is 0.647. The van der Waals surface area contributed by atoms with E-state index in [-0.39, 0.29) is 36.6 Å². The highest BCUT2D eigenvalue weighted by molar-refractivity contribution is 6.28. The number of halogens is 3. The van der Waals surface area contributed by atoms with Crippen molar-refractivity contribution < 1.29 is 23.5 Å². The molecule has 1 atom stereocenters. The molecule has 1 saturated carbocycles. The van der Waals surface area contributed by atoms with Crippen molar-refractivity contribution >= 4 is 35.2 Å². The maximum atomic E-state index is 14.6. The van der Waals surface area contributed by atoms with Gasteiger partial charge in [-0.2, -0.15) is 14.4 Å². The summed E-state index contributed by atoms with van der Waals surface area (Å²) in [6.45, 7) is -0.0515. The average molecular weight is 433 g/mol. The minimum atomic E-state index is -1.22. The maximum Gasteiger partial charge on any atom is 0.404 e. The molecule has 0 radical (unpaired) electrons. The van der Waals surface area contributed by atoms with Crippen LogP contribution in [0.2, 0.25) is 5.28 Å². The zero-order valence-corrected chi connectivity index (χ0v) is 16.4. The Morgan fingerprint density at radius 2 is 1.97 bits per heavy atom. The monoisotopic (exact) mass is 432 g/mol. The van der Waals surface area contributed by atoms with E-state index >= 15 is 0 Å². The highest BCUT2D eigenvalue weighted by Crippen LogP contribution is 2.31. The topological polar surface area (TPSA) is 119 Å². The molecule has 1 aromatic heterocycles. The lowest BCUT2D eigenvalue weighted by atomic mass is 9.92. The second-order valence-electron chi connectivity index (χ2n) is 7.36. The van der Waals surface area contributed by atoms with Crippen LogP contribution >= 0.6 is 11.6 Å². The number of alkyl halides is 1. The Morgan fingerprint density at radius 1 is 1.28 bits per heavy atom. The molecule has 0 spiro atoms. The van der Waals surface area contributed by atoms with Gasteiger partial charge in [-0.05, 0) is 23.9 Å². The molecule has 0 aromatic carbocycles. The minimum absolute atomic E-state index is 0.000379. The van der Waals surface area contributed by atoms with E-state index in [4.69, 9.17) is 16.7 Å². The van der Waals surface area contributed by atoms with Gasteiger partial charge in [0.25, 0.3) is 0 Å². The van der Waals surface area contributed by atoms with Crippen LogP contribution in [0.1, 0.15) is 32.1 Å². The Morgan fingerprint density at radius 3 is 2.59 bits per heavy atom. The Hall–Kier alpha value is -2.43. The number of hydrogen-bond acceptors (Lipinski definition) is 6. The van der Waals surface area contributed by atoms with Gasteiger partial charge >= 0.3 is 6.09 Å². The lowest BCUT2D eigenvalue weighted by Crippen LogP contribution is -2.49. The second kappa shape index (κ2) is 9.38. The number of carbonyl (C=O) groups is 2. The highest BCUT2D eigenvalue weighted by Gasteiger charge is 2.31. The predicted molar refractivity (Wildman–Crippen MR) is 102 cm³/mol. The average Bonchev–Trinajstić information content (AvgIpc) is 3.15. The van der Waals surface area contributed by atoms with Crippen molar-refractivity contribution in [1.29, 1.82) is 0 Å². The molecule has 2 amide bonds. The van der Waals surface area contributed by atoms with Crippen LogP contribution in [0.25, 0.3) is 0 Å². The van der Waals surface area contributed by atoms with E-state index in [0.29, 0.717) is 12.3 Å². The Kier molecular flexibility index (Phi) is 6.88. The smallest absolute Gasteiger partial charge is 0.404 e. The maximum absolute atomic E-state index is 14.6. The zero-order chi connectivity index (χ0) is 21.0. The fourth-order valence-corrected chi connectivity index (χ4v) is 3.83. The van der Waals surface area contributed by atoms with Gasteiger partial charge in [0.1, 0.15) is 6.17 Å². The largest absolute Gasteiger partial charge is 0.465 e. The number of rotatable bonds is 8. The van der Waals surface area contributed by atoms with Crippen molar-refractivity contribution in [3.63, 3.8) is 0 Å². The first-order valence-electron chi connectivity index (χ1n) is 9.48. The molecule has 0 unspecified atom stereocenters. The van der Waals surface area contributed by atoms with E-state index in [1.54, 1.807) is 0 Å². The molecule has 1 aromatic rings. The number of carbonyl (C=O) groups excluding carboxylic acids is 1. The Balaban J connectivity index is 1.64. The molecule has 1 saturated heterocycles.